The highest BCUT2D eigenvalue weighted by Gasteiger charge is 2.14. The van der Waals surface area contributed by atoms with Crippen LogP contribution in [-0.4, -0.2) is 60.4 Å². The fraction of sp³-hybridized carbons (Fsp3) is 0.727. The molecule has 0 bridgehead atoms. The van der Waals surface area contributed by atoms with E-state index in [1.54, 1.807) is 13.8 Å². The van der Waals surface area contributed by atoms with Crippen LogP contribution < -0.4 is 0 Å². The van der Waals surface area contributed by atoms with Gasteiger partial charge in [0.15, 0.2) is 0 Å². The summed E-state index contributed by atoms with van der Waals surface area (Å²) in [6, 6.07) is 0. The molecule has 0 fully saturated rings. The molecule has 0 aromatic rings. The van der Waals surface area contributed by atoms with Crippen molar-refractivity contribution >= 4 is 5.97 Å². The Balaban J connectivity index is 4.23. The Hall–Kier alpha value is -0.950. The summed E-state index contributed by atoms with van der Waals surface area (Å²) in [7, 11) is 0. The quantitative estimate of drug-likeness (QED) is 0.296. The highest BCUT2D eigenvalue weighted by molar-refractivity contribution is 5.89. The average Bonchev–Trinajstić information content (AvgIpc) is 2.30. The van der Waals surface area contributed by atoms with Gasteiger partial charge in [-0.2, -0.15) is 0 Å². The zero-order valence-electron chi connectivity index (χ0n) is 10.2. The molecule has 1 unspecified atom stereocenters. The van der Waals surface area contributed by atoms with Crippen LogP contribution in [0.15, 0.2) is 11.1 Å². The van der Waals surface area contributed by atoms with Crippen molar-refractivity contribution in [2.45, 2.75) is 20.0 Å². The zero-order chi connectivity index (χ0) is 13.3. The predicted molar refractivity (Wildman–Crippen MR) is 60.3 cm³/mol. The summed E-state index contributed by atoms with van der Waals surface area (Å²) in [6.45, 7) is 2.84. The second-order valence-corrected chi connectivity index (χ2v) is 3.69. The second-order valence-electron chi connectivity index (χ2n) is 3.69. The Bertz CT molecular complexity index is 257. The molecule has 0 heterocycles. The van der Waals surface area contributed by atoms with E-state index >= 15 is 0 Å². The molecule has 0 saturated heterocycles. The van der Waals surface area contributed by atoms with Gasteiger partial charge < -0.3 is 24.8 Å². The van der Waals surface area contributed by atoms with Gasteiger partial charge in [0.25, 0.3) is 0 Å². The van der Waals surface area contributed by atoms with Crippen molar-refractivity contribution in [1.29, 1.82) is 0 Å². The van der Waals surface area contributed by atoms with Gasteiger partial charge in [-0.3, -0.25) is 0 Å². The lowest BCUT2D eigenvalue weighted by Crippen LogP contribution is -2.24. The summed E-state index contributed by atoms with van der Waals surface area (Å²) in [5.41, 5.74) is 1.09. The fourth-order valence-electron chi connectivity index (χ4n) is 0.958. The summed E-state index contributed by atoms with van der Waals surface area (Å²) in [6.07, 6.45) is -1.07. The van der Waals surface area contributed by atoms with E-state index in [1.165, 1.54) is 0 Å². The van der Waals surface area contributed by atoms with E-state index in [2.05, 4.69) is 0 Å². The summed E-state index contributed by atoms with van der Waals surface area (Å²) in [5.74, 6) is -0.588. The highest BCUT2D eigenvalue weighted by atomic mass is 16.5. The third kappa shape index (κ3) is 7.06. The molecule has 17 heavy (non-hydrogen) atoms. The van der Waals surface area contributed by atoms with E-state index in [-0.39, 0.29) is 26.4 Å². The second kappa shape index (κ2) is 9.12. The molecule has 0 spiro atoms. The topological polar surface area (TPSA) is 96.2 Å². The van der Waals surface area contributed by atoms with Crippen molar-refractivity contribution in [3.8, 4) is 0 Å². The van der Waals surface area contributed by atoms with E-state index in [4.69, 9.17) is 24.8 Å². The molecule has 0 aliphatic carbocycles. The lowest BCUT2D eigenvalue weighted by Gasteiger charge is -2.12. The number of hydrogen-bond acceptors (Lipinski definition) is 6. The van der Waals surface area contributed by atoms with Gasteiger partial charge in [0, 0.05) is 0 Å². The van der Waals surface area contributed by atoms with E-state index in [0.29, 0.717) is 5.57 Å². The number of aliphatic hydroxyl groups excluding tert-OH is 3. The highest BCUT2D eigenvalue weighted by Crippen LogP contribution is 2.07. The van der Waals surface area contributed by atoms with Gasteiger partial charge in [-0.15, -0.1) is 0 Å². The molecule has 0 aliphatic rings. The van der Waals surface area contributed by atoms with Gasteiger partial charge in [-0.1, -0.05) is 5.57 Å². The first-order valence-corrected chi connectivity index (χ1v) is 5.33. The number of esters is 1. The standard InChI is InChI=1S/C11H20O6/c1-8(2)10(7-16-4-3-12)11(15)17-6-9(14)5-13/h9,12-14H,3-7H2,1-2H3. The van der Waals surface area contributed by atoms with Crippen molar-refractivity contribution in [1.82, 2.24) is 0 Å². The van der Waals surface area contributed by atoms with Crippen LogP contribution in [0.25, 0.3) is 0 Å². The molecule has 0 aromatic heterocycles. The fourth-order valence-corrected chi connectivity index (χ4v) is 0.958. The van der Waals surface area contributed by atoms with Crippen LogP contribution in [0, 0.1) is 0 Å². The van der Waals surface area contributed by atoms with E-state index in [1.807, 2.05) is 0 Å². The number of carbonyl (C=O) groups excluding carboxylic acids is 1. The monoisotopic (exact) mass is 248 g/mol. The van der Waals surface area contributed by atoms with Gasteiger partial charge in [0.2, 0.25) is 0 Å². The number of hydrogen-bond donors (Lipinski definition) is 3. The van der Waals surface area contributed by atoms with Crippen LogP contribution >= 0.6 is 0 Å². The molecule has 0 saturated carbocycles. The van der Waals surface area contributed by atoms with Crippen LogP contribution in [-0.2, 0) is 14.3 Å². The van der Waals surface area contributed by atoms with Crippen LogP contribution in [0.3, 0.4) is 0 Å². The maximum atomic E-state index is 11.6. The van der Waals surface area contributed by atoms with Crippen LogP contribution in [0.1, 0.15) is 13.8 Å². The maximum Gasteiger partial charge on any atom is 0.336 e. The van der Waals surface area contributed by atoms with E-state index in [9.17, 15) is 4.79 Å². The summed E-state index contributed by atoms with van der Waals surface area (Å²) < 4.78 is 9.84. The van der Waals surface area contributed by atoms with Crippen molar-refractivity contribution < 1.29 is 29.6 Å². The number of ether oxygens (including phenoxy) is 2. The SMILES string of the molecule is CC(C)=C(COCCO)C(=O)OCC(O)CO. The predicted octanol–water partition coefficient (Wildman–Crippen LogP) is -0.772. The zero-order valence-corrected chi connectivity index (χ0v) is 10.2. The van der Waals surface area contributed by atoms with Gasteiger partial charge in [-0.25, -0.2) is 4.79 Å². The number of aliphatic hydroxyl groups is 3. The van der Waals surface area contributed by atoms with Crippen LogP contribution in [0.4, 0.5) is 0 Å². The van der Waals surface area contributed by atoms with Crippen LogP contribution in [0.2, 0.25) is 0 Å². The Morgan fingerprint density at radius 2 is 1.94 bits per heavy atom. The minimum atomic E-state index is -1.07. The molecule has 0 amide bonds. The third-order valence-corrected chi connectivity index (χ3v) is 1.95. The number of carbonyl (C=O) groups is 1. The lowest BCUT2D eigenvalue weighted by molar-refractivity contribution is -0.143. The number of rotatable bonds is 8. The van der Waals surface area contributed by atoms with Gasteiger partial charge in [-0.05, 0) is 13.8 Å². The first kappa shape index (κ1) is 16.1. The van der Waals surface area contributed by atoms with Crippen molar-refractivity contribution in [3.05, 3.63) is 11.1 Å². The van der Waals surface area contributed by atoms with Gasteiger partial charge >= 0.3 is 5.97 Å². The van der Waals surface area contributed by atoms with E-state index < -0.39 is 18.7 Å². The van der Waals surface area contributed by atoms with Crippen molar-refractivity contribution in [2.24, 2.45) is 0 Å². The molecule has 3 N–H and O–H groups in total. The summed E-state index contributed by atoms with van der Waals surface area (Å²) in [4.78, 5) is 11.6. The number of allylic oxidation sites excluding steroid dienone is 1. The first-order valence-electron chi connectivity index (χ1n) is 5.33. The largest absolute Gasteiger partial charge is 0.459 e. The third-order valence-electron chi connectivity index (χ3n) is 1.95. The molecular formula is C11H20O6. The Morgan fingerprint density at radius 3 is 2.41 bits per heavy atom. The van der Waals surface area contributed by atoms with Crippen molar-refractivity contribution in [2.75, 3.05) is 33.0 Å². The van der Waals surface area contributed by atoms with Crippen molar-refractivity contribution in [3.63, 3.8) is 0 Å². The Labute approximate surface area is 100 Å². The summed E-state index contributed by atoms with van der Waals surface area (Å²) >= 11 is 0. The Kier molecular flexibility index (Phi) is 8.61. The minimum Gasteiger partial charge on any atom is -0.459 e. The van der Waals surface area contributed by atoms with Crippen LogP contribution in [0.5, 0.6) is 0 Å². The maximum absolute atomic E-state index is 11.6. The molecule has 6 heteroatoms. The smallest absolute Gasteiger partial charge is 0.336 e. The first-order chi connectivity index (χ1) is 8.02. The minimum absolute atomic E-state index is 0.0525. The molecule has 0 aromatic carbocycles. The summed E-state index contributed by atoms with van der Waals surface area (Å²) in [5, 5.41) is 26.1. The lowest BCUT2D eigenvalue weighted by atomic mass is 10.1. The molecule has 1 atom stereocenters. The average molecular weight is 248 g/mol. The molecule has 0 rings (SSSR count). The normalized spacial score (nSPS) is 12.1. The van der Waals surface area contributed by atoms with E-state index in [0.717, 1.165) is 5.57 Å². The molecule has 100 valence electrons. The Morgan fingerprint density at radius 1 is 1.29 bits per heavy atom. The molecule has 0 radical (unpaired) electrons. The molecule has 0 aliphatic heterocycles. The molecule has 6 nitrogen and oxygen atoms in total. The van der Waals surface area contributed by atoms with Gasteiger partial charge in [0.05, 0.1) is 32.0 Å². The van der Waals surface area contributed by atoms with Gasteiger partial charge in [0.1, 0.15) is 12.7 Å². The molecular weight excluding hydrogens is 228 g/mol.